The van der Waals surface area contributed by atoms with Gasteiger partial charge in [0, 0.05) is 25.4 Å². The van der Waals surface area contributed by atoms with E-state index >= 15 is 0 Å². The number of thioether (sulfide) groups is 1. The highest BCUT2D eigenvalue weighted by atomic mass is 32.2. The van der Waals surface area contributed by atoms with E-state index in [1.54, 1.807) is 7.11 Å². The van der Waals surface area contributed by atoms with Gasteiger partial charge in [-0.1, -0.05) is 24.6 Å². The van der Waals surface area contributed by atoms with E-state index < -0.39 is 0 Å². The fraction of sp³-hybridized carbons (Fsp3) is 0.909. The molecule has 18 heavy (non-hydrogen) atoms. The Labute approximate surface area is 112 Å². The highest BCUT2D eigenvalue weighted by Crippen LogP contribution is 2.33. The first-order chi connectivity index (χ1) is 8.90. The number of rotatable bonds is 8. The molecule has 1 saturated carbocycles. The Kier molecular flexibility index (Phi) is 5.89. The number of nitrogens with one attached hydrogen (secondary N) is 1. The average Bonchev–Trinajstić information content (AvgIpc) is 3.02. The van der Waals surface area contributed by atoms with Crippen molar-refractivity contribution in [2.75, 3.05) is 26.8 Å². The van der Waals surface area contributed by atoms with E-state index in [-0.39, 0.29) is 0 Å². The van der Waals surface area contributed by atoms with Crippen molar-refractivity contribution in [3.8, 4) is 0 Å². The number of hydrogen-bond acceptors (Lipinski definition) is 6. The molecule has 0 aromatic carbocycles. The van der Waals surface area contributed by atoms with Crippen molar-refractivity contribution in [1.82, 2.24) is 25.5 Å². The summed E-state index contributed by atoms with van der Waals surface area (Å²) in [7, 11) is 1.71. The quantitative estimate of drug-likeness (QED) is 0.710. The number of nitrogens with zero attached hydrogens (tertiary/aromatic N) is 4. The van der Waals surface area contributed by atoms with E-state index in [0.29, 0.717) is 5.25 Å². The Morgan fingerprint density at radius 2 is 2.22 bits per heavy atom. The Balaban J connectivity index is 1.72. The first-order valence-electron chi connectivity index (χ1n) is 6.52. The summed E-state index contributed by atoms with van der Waals surface area (Å²) in [6, 6.07) is 0. The lowest BCUT2D eigenvalue weighted by Crippen LogP contribution is -2.24. The Morgan fingerprint density at radius 3 is 3.00 bits per heavy atom. The van der Waals surface area contributed by atoms with Gasteiger partial charge >= 0.3 is 0 Å². The zero-order valence-electron chi connectivity index (χ0n) is 10.8. The molecule has 0 aliphatic heterocycles. The van der Waals surface area contributed by atoms with Gasteiger partial charge in [-0.25, -0.2) is 4.68 Å². The van der Waals surface area contributed by atoms with E-state index in [1.165, 1.54) is 25.7 Å². The van der Waals surface area contributed by atoms with E-state index in [0.717, 1.165) is 31.4 Å². The largest absolute Gasteiger partial charge is 0.383 e. The minimum Gasteiger partial charge on any atom is -0.383 e. The smallest absolute Gasteiger partial charge is 0.209 e. The van der Waals surface area contributed by atoms with Crippen molar-refractivity contribution >= 4 is 11.8 Å². The molecule has 7 heteroatoms. The summed E-state index contributed by atoms with van der Waals surface area (Å²) in [6.45, 7) is 3.28. The fourth-order valence-electron chi connectivity index (χ4n) is 2.06. The molecule has 1 aromatic rings. The van der Waals surface area contributed by atoms with Gasteiger partial charge in [0.05, 0.1) is 13.2 Å². The first kappa shape index (κ1) is 13.8. The molecule has 2 rings (SSSR count). The van der Waals surface area contributed by atoms with Crippen LogP contribution in [-0.2, 0) is 11.3 Å². The van der Waals surface area contributed by atoms with Crippen LogP contribution < -0.4 is 5.32 Å². The molecule has 102 valence electrons. The van der Waals surface area contributed by atoms with Gasteiger partial charge in [0.15, 0.2) is 0 Å². The van der Waals surface area contributed by atoms with Gasteiger partial charge < -0.3 is 10.1 Å². The molecule has 0 spiro atoms. The summed E-state index contributed by atoms with van der Waals surface area (Å²) in [5.41, 5.74) is 0. The van der Waals surface area contributed by atoms with Crippen molar-refractivity contribution in [3.05, 3.63) is 0 Å². The minimum atomic E-state index is 0.705. The van der Waals surface area contributed by atoms with Crippen LogP contribution in [0.15, 0.2) is 5.16 Å². The molecule has 0 saturated heterocycles. The Morgan fingerprint density at radius 1 is 1.39 bits per heavy atom. The first-order valence-corrected chi connectivity index (χ1v) is 7.40. The molecular weight excluding hydrogens is 250 g/mol. The SMILES string of the molecule is COCCNCCn1nnnc1SC1CCCC1. The molecule has 0 bridgehead atoms. The van der Waals surface area contributed by atoms with Crippen LogP contribution in [0.1, 0.15) is 25.7 Å². The lowest BCUT2D eigenvalue weighted by Gasteiger charge is -2.09. The minimum absolute atomic E-state index is 0.705. The highest BCUT2D eigenvalue weighted by Gasteiger charge is 2.19. The van der Waals surface area contributed by atoms with Crippen LogP contribution in [0.5, 0.6) is 0 Å². The number of hydrogen-bond donors (Lipinski definition) is 1. The van der Waals surface area contributed by atoms with Gasteiger partial charge in [0.25, 0.3) is 0 Å². The molecule has 0 radical (unpaired) electrons. The maximum atomic E-state index is 4.98. The third kappa shape index (κ3) is 4.22. The zero-order chi connectivity index (χ0) is 12.6. The van der Waals surface area contributed by atoms with Crippen molar-refractivity contribution in [1.29, 1.82) is 0 Å². The summed E-state index contributed by atoms with van der Waals surface area (Å²) < 4.78 is 6.87. The summed E-state index contributed by atoms with van der Waals surface area (Å²) in [5.74, 6) is 0. The lowest BCUT2D eigenvalue weighted by molar-refractivity contribution is 0.199. The monoisotopic (exact) mass is 271 g/mol. The van der Waals surface area contributed by atoms with Crippen LogP contribution >= 0.6 is 11.8 Å². The number of aromatic nitrogens is 4. The molecule has 1 fully saturated rings. The van der Waals surface area contributed by atoms with Gasteiger partial charge in [-0.3, -0.25) is 0 Å². The maximum absolute atomic E-state index is 4.98. The number of tetrazole rings is 1. The normalized spacial score (nSPS) is 16.5. The van der Waals surface area contributed by atoms with Crippen molar-refractivity contribution in [2.24, 2.45) is 0 Å². The molecule has 1 aromatic heterocycles. The molecule has 1 aliphatic carbocycles. The average molecular weight is 271 g/mol. The molecule has 1 aliphatic rings. The van der Waals surface area contributed by atoms with Gasteiger partial charge in [-0.05, 0) is 23.3 Å². The van der Waals surface area contributed by atoms with Crippen LogP contribution in [0.4, 0.5) is 0 Å². The molecule has 0 unspecified atom stereocenters. The highest BCUT2D eigenvalue weighted by molar-refractivity contribution is 7.99. The predicted octanol–water partition coefficient (Wildman–Crippen LogP) is 0.944. The molecule has 0 amide bonds. The van der Waals surface area contributed by atoms with Crippen LogP contribution in [-0.4, -0.2) is 52.3 Å². The molecule has 6 nitrogen and oxygen atoms in total. The summed E-state index contributed by atoms with van der Waals surface area (Å²) >= 11 is 1.83. The maximum Gasteiger partial charge on any atom is 0.209 e. The summed E-state index contributed by atoms with van der Waals surface area (Å²) in [4.78, 5) is 0. The second kappa shape index (κ2) is 7.70. The van der Waals surface area contributed by atoms with Crippen molar-refractivity contribution < 1.29 is 4.74 Å². The van der Waals surface area contributed by atoms with Crippen molar-refractivity contribution in [3.63, 3.8) is 0 Å². The van der Waals surface area contributed by atoms with E-state index in [2.05, 4.69) is 20.8 Å². The molecule has 1 heterocycles. The van der Waals surface area contributed by atoms with Gasteiger partial charge in [0.2, 0.25) is 5.16 Å². The zero-order valence-corrected chi connectivity index (χ0v) is 11.7. The number of ether oxygens (including phenoxy) is 1. The second-order valence-corrected chi connectivity index (χ2v) is 5.72. The van der Waals surface area contributed by atoms with Crippen LogP contribution in [0.2, 0.25) is 0 Å². The van der Waals surface area contributed by atoms with E-state index in [1.807, 2.05) is 16.4 Å². The third-order valence-electron chi connectivity index (χ3n) is 3.06. The topological polar surface area (TPSA) is 64.9 Å². The van der Waals surface area contributed by atoms with E-state index in [9.17, 15) is 0 Å². The fourth-order valence-corrected chi connectivity index (χ4v) is 3.26. The third-order valence-corrected chi connectivity index (χ3v) is 4.36. The van der Waals surface area contributed by atoms with E-state index in [4.69, 9.17) is 4.74 Å². The molecule has 1 N–H and O–H groups in total. The molecule has 0 atom stereocenters. The molecular formula is C11H21N5OS. The van der Waals surface area contributed by atoms with Gasteiger partial charge in [-0.15, -0.1) is 5.10 Å². The second-order valence-electron chi connectivity index (χ2n) is 4.45. The van der Waals surface area contributed by atoms with Crippen LogP contribution in [0, 0.1) is 0 Å². The predicted molar refractivity (Wildman–Crippen MR) is 70.7 cm³/mol. The van der Waals surface area contributed by atoms with Crippen LogP contribution in [0.3, 0.4) is 0 Å². The van der Waals surface area contributed by atoms with Gasteiger partial charge in [0.1, 0.15) is 0 Å². The van der Waals surface area contributed by atoms with Gasteiger partial charge in [-0.2, -0.15) is 0 Å². The van der Waals surface area contributed by atoms with Crippen LogP contribution in [0.25, 0.3) is 0 Å². The summed E-state index contributed by atoms with van der Waals surface area (Å²) in [5, 5.41) is 16.9. The Hall–Kier alpha value is -0.660. The number of methoxy groups -OCH3 is 1. The standard InChI is InChI=1S/C11H21N5OS/c1-17-9-7-12-6-8-16-11(13-14-15-16)18-10-4-2-3-5-10/h10,12H,2-9H2,1H3. The lowest BCUT2D eigenvalue weighted by atomic mass is 10.4. The summed E-state index contributed by atoms with van der Waals surface area (Å²) in [6.07, 6.45) is 5.28. The Bertz CT molecular complexity index is 340. The van der Waals surface area contributed by atoms with Crippen molar-refractivity contribution in [2.45, 2.75) is 42.6 Å².